The van der Waals surface area contributed by atoms with Crippen molar-refractivity contribution in [3.63, 3.8) is 0 Å². The Morgan fingerprint density at radius 2 is 1.79 bits per heavy atom. The first-order valence-electron chi connectivity index (χ1n) is 9.81. The summed E-state index contributed by atoms with van der Waals surface area (Å²) in [6.07, 6.45) is 3.09. The summed E-state index contributed by atoms with van der Waals surface area (Å²) in [6.45, 7) is 7.91. The second kappa shape index (κ2) is 8.34. The highest BCUT2D eigenvalue weighted by Gasteiger charge is 2.21. The number of anilines is 2. The van der Waals surface area contributed by atoms with Crippen LogP contribution in [-0.2, 0) is 6.54 Å². The summed E-state index contributed by atoms with van der Waals surface area (Å²) in [6, 6.07) is 12.4. The van der Waals surface area contributed by atoms with Crippen LogP contribution in [0.5, 0.6) is 0 Å². The van der Waals surface area contributed by atoms with Crippen LogP contribution in [0, 0.1) is 13.8 Å². The summed E-state index contributed by atoms with van der Waals surface area (Å²) in [7, 11) is 0. The van der Waals surface area contributed by atoms with Gasteiger partial charge in [-0.2, -0.15) is 0 Å². The molecule has 0 unspecified atom stereocenters. The Morgan fingerprint density at radius 1 is 1.03 bits per heavy atom. The maximum atomic E-state index is 12.3. The molecular formula is C22H25N5O2. The fourth-order valence-corrected chi connectivity index (χ4v) is 3.71. The van der Waals surface area contributed by atoms with Gasteiger partial charge >= 0.3 is 0 Å². The van der Waals surface area contributed by atoms with Gasteiger partial charge < -0.3 is 19.5 Å². The number of nitrogens with zero attached hydrogens (tertiary/aromatic N) is 4. The van der Waals surface area contributed by atoms with Crippen LogP contribution in [0.2, 0.25) is 0 Å². The van der Waals surface area contributed by atoms with Crippen molar-refractivity contribution >= 4 is 17.4 Å². The summed E-state index contributed by atoms with van der Waals surface area (Å²) < 4.78 is 5.11. The summed E-state index contributed by atoms with van der Waals surface area (Å²) >= 11 is 0. The molecule has 1 amide bonds. The number of aromatic nitrogens is 2. The number of para-hydroxylation sites is 1. The first-order valence-corrected chi connectivity index (χ1v) is 9.81. The van der Waals surface area contributed by atoms with E-state index in [1.54, 1.807) is 13.1 Å². The van der Waals surface area contributed by atoms with Gasteiger partial charge in [-0.05, 0) is 31.5 Å². The lowest BCUT2D eigenvalue weighted by Crippen LogP contribution is -2.47. The molecule has 0 radical (unpaired) electrons. The van der Waals surface area contributed by atoms with E-state index in [2.05, 4.69) is 56.3 Å². The van der Waals surface area contributed by atoms with Gasteiger partial charge in [0.05, 0.1) is 0 Å². The molecule has 1 aliphatic rings. The minimum atomic E-state index is -0.240. The fraction of sp³-hybridized carbons (Fsp3) is 0.318. The molecule has 3 heterocycles. The van der Waals surface area contributed by atoms with Gasteiger partial charge in [0.1, 0.15) is 11.6 Å². The Balaban J connectivity index is 1.42. The van der Waals surface area contributed by atoms with Gasteiger partial charge in [0, 0.05) is 50.2 Å². The smallest absolute Gasteiger partial charge is 0.273 e. The van der Waals surface area contributed by atoms with Crippen molar-refractivity contribution in [2.75, 3.05) is 36.0 Å². The lowest BCUT2D eigenvalue weighted by Gasteiger charge is -2.38. The molecule has 4 rings (SSSR count). The number of piperazine rings is 1. The predicted molar refractivity (Wildman–Crippen MR) is 112 cm³/mol. The van der Waals surface area contributed by atoms with Crippen molar-refractivity contribution in [3.05, 3.63) is 71.6 Å². The largest absolute Gasteiger partial charge is 0.448 e. The van der Waals surface area contributed by atoms with Gasteiger partial charge in [-0.1, -0.05) is 24.3 Å². The van der Waals surface area contributed by atoms with E-state index in [1.165, 1.54) is 17.6 Å². The summed E-state index contributed by atoms with van der Waals surface area (Å²) in [4.78, 5) is 25.6. The predicted octanol–water partition coefficient (Wildman–Crippen LogP) is 2.94. The van der Waals surface area contributed by atoms with Gasteiger partial charge in [-0.25, -0.2) is 9.97 Å². The molecule has 0 spiro atoms. The van der Waals surface area contributed by atoms with Crippen LogP contribution < -0.4 is 15.1 Å². The first-order chi connectivity index (χ1) is 14.1. The highest BCUT2D eigenvalue weighted by atomic mass is 16.3. The molecule has 7 heteroatoms. The molecule has 0 bridgehead atoms. The lowest BCUT2D eigenvalue weighted by atomic mass is 10.1. The van der Waals surface area contributed by atoms with Gasteiger partial charge in [0.25, 0.3) is 5.91 Å². The number of hydrogen-bond donors (Lipinski definition) is 1. The summed E-state index contributed by atoms with van der Waals surface area (Å²) in [5.74, 6) is 1.20. The van der Waals surface area contributed by atoms with E-state index >= 15 is 0 Å². The minimum Gasteiger partial charge on any atom is -0.448 e. The van der Waals surface area contributed by atoms with Gasteiger partial charge in [0.15, 0.2) is 12.1 Å². The third-order valence-electron chi connectivity index (χ3n) is 5.30. The van der Waals surface area contributed by atoms with Gasteiger partial charge in [-0.15, -0.1) is 0 Å². The maximum Gasteiger partial charge on any atom is 0.273 e. The number of oxazole rings is 1. The molecule has 1 aliphatic heterocycles. The molecule has 3 aromatic rings. The first kappa shape index (κ1) is 19.0. The monoisotopic (exact) mass is 391 g/mol. The molecule has 1 aromatic carbocycles. The molecule has 0 aliphatic carbocycles. The number of hydrogen-bond acceptors (Lipinski definition) is 6. The van der Waals surface area contributed by atoms with Crippen LogP contribution in [0.25, 0.3) is 0 Å². The van der Waals surface area contributed by atoms with Crippen LogP contribution in [0.4, 0.5) is 11.5 Å². The summed E-state index contributed by atoms with van der Waals surface area (Å²) in [5, 5.41) is 2.93. The topological polar surface area (TPSA) is 74.5 Å². The Labute approximate surface area is 170 Å². The molecule has 29 heavy (non-hydrogen) atoms. The molecule has 0 saturated carbocycles. The Morgan fingerprint density at radius 3 is 2.52 bits per heavy atom. The number of benzene rings is 1. The van der Waals surface area contributed by atoms with Crippen molar-refractivity contribution in [3.8, 4) is 0 Å². The molecule has 1 fully saturated rings. The Hall–Kier alpha value is -3.35. The quantitative estimate of drug-likeness (QED) is 0.721. The normalized spacial score (nSPS) is 14.1. The zero-order chi connectivity index (χ0) is 20.2. The van der Waals surface area contributed by atoms with Gasteiger partial charge in [0.2, 0.25) is 0 Å². The molecular weight excluding hydrogens is 366 g/mol. The van der Waals surface area contributed by atoms with E-state index in [0.717, 1.165) is 37.6 Å². The zero-order valence-corrected chi connectivity index (χ0v) is 16.8. The second-order valence-corrected chi connectivity index (χ2v) is 7.19. The van der Waals surface area contributed by atoms with Crippen LogP contribution in [0.15, 0.2) is 53.4 Å². The van der Waals surface area contributed by atoms with Crippen molar-refractivity contribution in [1.82, 2.24) is 15.3 Å². The number of rotatable bonds is 5. The third kappa shape index (κ3) is 4.08. The van der Waals surface area contributed by atoms with E-state index in [1.807, 2.05) is 12.1 Å². The van der Waals surface area contributed by atoms with Crippen LogP contribution in [0.1, 0.15) is 27.4 Å². The van der Waals surface area contributed by atoms with Crippen molar-refractivity contribution in [1.29, 1.82) is 0 Å². The number of aryl methyl sites for hydroxylation is 2. The van der Waals surface area contributed by atoms with E-state index in [9.17, 15) is 4.79 Å². The fourth-order valence-electron chi connectivity index (χ4n) is 3.71. The van der Waals surface area contributed by atoms with Crippen LogP contribution in [-0.4, -0.2) is 42.1 Å². The minimum absolute atomic E-state index is 0.240. The van der Waals surface area contributed by atoms with E-state index < -0.39 is 0 Å². The highest BCUT2D eigenvalue weighted by Crippen LogP contribution is 2.24. The Bertz CT molecular complexity index is 992. The lowest BCUT2D eigenvalue weighted by molar-refractivity contribution is 0.0945. The number of carbonyl (C=O) groups is 1. The summed E-state index contributed by atoms with van der Waals surface area (Å²) in [5.41, 5.74) is 3.91. The number of amides is 1. The standard InChI is InChI=1S/C22H25N5O2/c1-16-6-3-4-8-19(16)26-10-12-27(13-11-26)21-18(7-5-9-23-21)14-24-22(28)20-17(2)29-15-25-20/h3-9,15H,10-14H2,1-2H3,(H,24,28). The maximum absolute atomic E-state index is 12.3. The van der Waals surface area contributed by atoms with Crippen LogP contribution in [0.3, 0.4) is 0 Å². The van der Waals surface area contributed by atoms with E-state index in [-0.39, 0.29) is 5.91 Å². The molecule has 2 aromatic heterocycles. The average molecular weight is 391 g/mol. The molecule has 1 saturated heterocycles. The SMILES string of the molecule is Cc1ccccc1N1CCN(c2ncccc2CNC(=O)c2ncoc2C)CC1. The molecule has 150 valence electrons. The van der Waals surface area contributed by atoms with E-state index in [0.29, 0.717) is 18.0 Å². The second-order valence-electron chi connectivity index (χ2n) is 7.19. The number of nitrogens with one attached hydrogen (secondary N) is 1. The zero-order valence-electron chi connectivity index (χ0n) is 16.8. The Kier molecular flexibility index (Phi) is 5.46. The van der Waals surface area contributed by atoms with Crippen LogP contribution >= 0.6 is 0 Å². The number of pyridine rings is 1. The third-order valence-corrected chi connectivity index (χ3v) is 5.30. The average Bonchev–Trinajstić information content (AvgIpc) is 3.19. The highest BCUT2D eigenvalue weighted by molar-refractivity contribution is 5.93. The van der Waals surface area contributed by atoms with Crippen molar-refractivity contribution < 1.29 is 9.21 Å². The molecule has 0 atom stereocenters. The van der Waals surface area contributed by atoms with Crippen molar-refractivity contribution in [2.24, 2.45) is 0 Å². The van der Waals surface area contributed by atoms with E-state index in [4.69, 9.17) is 4.42 Å². The molecule has 1 N–H and O–H groups in total. The molecule has 7 nitrogen and oxygen atoms in total. The van der Waals surface area contributed by atoms with Crippen molar-refractivity contribution in [2.45, 2.75) is 20.4 Å². The number of carbonyl (C=O) groups excluding carboxylic acids is 1. The van der Waals surface area contributed by atoms with Gasteiger partial charge in [-0.3, -0.25) is 4.79 Å².